The minimum atomic E-state index is -0.870. The van der Waals surface area contributed by atoms with Gasteiger partial charge in [-0.2, -0.15) is 5.10 Å². The summed E-state index contributed by atoms with van der Waals surface area (Å²) in [6, 6.07) is 2.90. The van der Waals surface area contributed by atoms with Gasteiger partial charge < -0.3 is 14.2 Å². The van der Waals surface area contributed by atoms with E-state index in [2.05, 4.69) is 9.84 Å². The minimum Gasteiger partial charge on any atom is -0.477 e. The van der Waals surface area contributed by atoms with Crippen LogP contribution in [-0.2, 0) is 16.6 Å². The zero-order valence-electron chi connectivity index (χ0n) is 15.0. The Morgan fingerprint density at radius 2 is 1.96 bits per heavy atom. The van der Waals surface area contributed by atoms with Gasteiger partial charge in [0.15, 0.2) is 18.1 Å². The number of halogens is 2. The lowest BCUT2D eigenvalue weighted by Gasteiger charge is -2.16. The zero-order valence-corrected chi connectivity index (χ0v) is 16.5. The summed E-state index contributed by atoms with van der Waals surface area (Å²) in [7, 11) is 2.95. The van der Waals surface area contributed by atoms with E-state index in [1.54, 1.807) is 7.05 Å². The fraction of sp³-hybridized carbons (Fsp3) is 0.389. The first-order valence-corrected chi connectivity index (χ1v) is 9.04. The van der Waals surface area contributed by atoms with Crippen molar-refractivity contribution in [3.8, 4) is 17.4 Å². The second-order valence-corrected chi connectivity index (χ2v) is 7.03. The third-order valence-corrected chi connectivity index (χ3v) is 4.76. The zero-order chi connectivity index (χ0) is 19.7. The molecule has 3 rings (SSSR count). The summed E-state index contributed by atoms with van der Waals surface area (Å²) in [6.45, 7) is 1.53. The first-order chi connectivity index (χ1) is 12.8. The molecule has 1 heterocycles. The first-order valence-electron chi connectivity index (χ1n) is 8.29. The third kappa shape index (κ3) is 4.04. The Labute approximate surface area is 166 Å². The van der Waals surface area contributed by atoms with Crippen LogP contribution >= 0.6 is 23.2 Å². The van der Waals surface area contributed by atoms with E-state index in [1.165, 1.54) is 30.8 Å². The van der Waals surface area contributed by atoms with Crippen molar-refractivity contribution in [3.05, 3.63) is 33.4 Å². The summed E-state index contributed by atoms with van der Waals surface area (Å²) in [6.07, 6.45) is 1.87. The van der Waals surface area contributed by atoms with Crippen molar-refractivity contribution in [3.63, 3.8) is 0 Å². The molecule has 1 aromatic heterocycles. The lowest BCUT2D eigenvalue weighted by Crippen LogP contribution is -2.25. The summed E-state index contributed by atoms with van der Waals surface area (Å²) in [5.74, 6) is 0.442. The molecule has 0 saturated heterocycles. The SMILES string of the molecule is COC(=O)[C@H](C)Oc1cc(Oc2c(C=O)c(C3CC3)nn2C)c(Cl)cc1Cl. The highest BCUT2D eigenvalue weighted by Crippen LogP contribution is 2.44. The molecule has 1 aliphatic rings. The summed E-state index contributed by atoms with van der Waals surface area (Å²) in [5, 5.41) is 4.83. The molecular formula is C18H18Cl2N2O5. The molecule has 144 valence electrons. The Bertz CT molecular complexity index is 892. The van der Waals surface area contributed by atoms with Crippen LogP contribution in [0.15, 0.2) is 12.1 Å². The topological polar surface area (TPSA) is 79.7 Å². The molecule has 9 heteroatoms. The third-order valence-electron chi connectivity index (χ3n) is 4.17. The number of aryl methyl sites for hydroxylation is 1. The second kappa shape index (κ2) is 7.78. The van der Waals surface area contributed by atoms with Crippen molar-refractivity contribution < 1.29 is 23.8 Å². The van der Waals surface area contributed by atoms with Crippen molar-refractivity contribution >= 4 is 35.5 Å². The van der Waals surface area contributed by atoms with Crippen LogP contribution in [0.5, 0.6) is 17.4 Å². The highest BCUT2D eigenvalue weighted by molar-refractivity contribution is 6.36. The van der Waals surface area contributed by atoms with Gasteiger partial charge >= 0.3 is 5.97 Å². The van der Waals surface area contributed by atoms with E-state index in [-0.39, 0.29) is 33.3 Å². The van der Waals surface area contributed by atoms with Crippen molar-refractivity contribution in [2.45, 2.75) is 31.8 Å². The number of nitrogens with zero attached hydrogens (tertiary/aromatic N) is 2. The van der Waals surface area contributed by atoms with E-state index in [0.29, 0.717) is 5.56 Å². The van der Waals surface area contributed by atoms with Crippen LogP contribution in [0.4, 0.5) is 0 Å². The van der Waals surface area contributed by atoms with Gasteiger partial charge in [-0.15, -0.1) is 0 Å². The molecule has 0 radical (unpaired) electrons. The number of methoxy groups -OCH3 is 1. The molecule has 1 aliphatic carbocycles. The Morgan fingerprint density at radius 3 is 2.56 bits per heavy atom. The van der Waals surface area contributed by atoms with Gasteiger partial charge in [-0.25, -0.2) is 9.48 Å². The number of hydrogen-bond donors (Lipinski definition) is 0. The lowest BCUT2D eigenvalue weighted by atomic mass is 10.2. The van der Waals surface area contributed by atoms with Gasteiger partial charge in [0.25, 0.3) is 0 Å². The van der Waals surface area contributed by atoms with Gasteiger partial charge in [0, 0.05) is 19.0 Å². The van der Waals surface area contributed by atoms with Crippen LogP contribution in [0.2, 0.25) is 10.0 Å². The molecule has 2 aromatic rings. The maximum absolute atomic E-state index is 11.6. The first kappa shape index (κ1) is 19.5. The summed E-state index contributed by atoms with van der Waals surface area (Å²) in [5.41, 5.74) is 1.12. The summed E-state index contributed by atoms with van der Waals surface area (Å²) in [4.78, 5) is 23.2. The molecular weight excluding hydrogens is 395 g/mol. The maximum Gasteiger partial charge on any atom is 0.346 e. The van der Waals surface area contributed by atoms with Crippen LogP contribution in [0.3, 0.4) is 0 Å². The molecule has 0 N–H and O–H groups in total. The van der Waals surface area contributed by atoms with E-state index in [4.69, 9.17) is 32.7 Å². The van der Waals surface area contributed by atoms with Gasteiger partial charge in [-0.1, -0.05) is 23.2 Å². The Morgan fingerprint density at radius 1 is 1.30 bits per heavy atom. The Balaban J connectivity index is 1.92. The number of ether oxygens (including phenoxy) is 3. The number of carbonyl (C=O) groups is 2. The fourth-order valence-electron chi connectivity index (χ4n) is 2.62. The number of aromatic nitrogens is 2. The average Bonchev–Trinajstić information content (AvgIpc) is 3.43. The van der Waals surface area contributed by atoms with Crippen molar-refractivity contribution in [1.29, 1.82) is 0 Å². The molecule has 1 atom stereocenters. The summed E-state index contributed by atoms with van der Waals surface area (Å²) < 4.78 is 17.5. The molecule has 0 aliphatic heterocycles. The number of esters is 1. The minimum absolute atomic E-state index is 0.200. The fourth-order valence-corrected chi connectivity index (χ4v) is 3.09. The largest absolute Gasteiger partial charge is 0.477 e. The number of carbonyl (C=O) groups excluding carboxylic acids is 2. The molecule has 7 nitrogen and oxygen atoms in total. The van der Waals surface area contributed by atoms with E-state index in [0.717, 1.165) is 24.8 Å². The molecule has 0 bridgehead atoms. The standard InChI is InChI=1S/C18H18Cl2N2O5/c1-9(18(24)25-3)26-14-7-15(13(20)6-12(14)19)27-17-11(8-23)16(10-4-5-10)21-22(17)2/h6-10H,4-5H2,1-3H3/t9-/m0/s1. The molecule has 1 fully saturated rings. The lowest BCUT2D eigenvalue weighted by molar-refractivity contribution is -0.147. The molecule has 0 amide bonds. The summed E-state index contributed by atoms with van der Waals surface area (Å²) >= 11 is 12.4. The van der Waals surface area contributed by atoms with E-state index in [9.17, 15) is 9.59 Å². The highest BCUT2D eigenvalue weighted by Gasteiger charge is 2.32. The van der Waals surface area contributed by atoms with Gasteiger partial charge in [-0.05, 0) is 25.8 Å². The van der Waals surface area contributed by atoms with Gasteiger partial charge in [0.05, 0.1) is 22.8 Å². The van der Waals surface area contributed by atoms with E-state index >= 15 is 0 Å². The smallest absolute Gasteiger partial charge is 0.346 e. The number of hydrogen-bond acceptors (Lipinski definition) is 6. The van der Waals surface area contributed by atoms with Gasteiger partial charge in [-0.3, -0.25) is 4.79 Å². The van der Waals surface area contributed by atoms with Crippen LogP contribution in [0.25, 0.3) is 0 Å². The van der Waals surface area contributed by atoms with Crippen molar-refractivity contribution in [2.24, 2.45) is 7.05 Å². The van der Waals surface area contributed by atoms with Crippen LogP contribution in [0.1, 0.15) is 41.7 Å². The Hall–Kier alpha value is -2.25. The quantitative estimate of drug-likeness (QED) is 0.501. The van der Waals surface area contributed by atoms with Crippen LogP contribution in [-0.4, -0.2) is 35.2 Å². The molecule has 0 spiro atoms. The predicted molar refractivity (Wildman–Crippen MR) is 99.2 cm³/mol. The highest BCUT2D eigenvalue weighted by atomic mass is 35.5. The molecule has 1 aromatic carbocycles. The van der Waals surface area contributed by atoms with Crippen LogP contribution < -0.4 is 9.47 Å². The van der Waals surface area contributed by atoms with Gasteiger partial charge in [0.2, 0.25) is 5.88 Å². The molecule has 0 unspecified atom stereocenters. The maximum atomic E-state index is 11.6. The number of benzene rings is 1. The van der Waals surface area contributed by atoms with E-state index < -0.39 is 12.1 Å². The van der Waals surface area contributed by atoms with Crippen LogP contribution in [0, 0.1) is 0 Å². The number of aldehydes is 1. The van der Waals surface area contributed by atoms with Gasteiger partial charge in [0.1, 0.15) is 11.3 Å². The molecule has 27 heavy (non-hydrogen) atoms. The Kier molecular flexibility index (Phi) is 5.62. The average molecular weight is 413 g/mol. The van der Waals surface area contributed by atoms with Crippen molar-refractivity contribution in [2.75, 3.05) is 7.11 Å². The molecule has 1 saturated carbocycles. The second-order valence-electron chi connectivity index (χ2n) is 6.22. The van der Waals surface area contributed by atoms with Crippen molar-refractivity contribution in [1.82, 2.24) is 9.78 Å². The monoisotopic (exact) mass is 412 g/mol. The number of rotatable bonds is 7. The van der Waals surface area contributed by atoms with E-state index in [1.807, 2.05) is 0 Å². The normalized spacial score (nSPS) is 14.6. The predicted octanol–water partition coefficient (Wildman–Crippen LogP) is 4.15.